The van der Waals surface area contributed by atoms with Gasteiger partial charge in [-0.2, -0.15) is 0 Å². The fourth-order valence-electron chi connectivity index (χ4n) is 1.57. The molecule has 0 spiro atoms. The minimum Gasteiger partial charge on any atom is -0.493 e. The first kappa shape index (κ1) is 14.1. The van der Waals surface area contributed by atoms with Gasteiger partial charge in [0.1, 0.15) is 5.75 Å². The van der Waals surface area contributed by atoms with Gasteiger partial charge in [-0.05, 0) is 42.8 Å². The normalized spacial score (nSPS) is 10.4. The van der Waals surface area contributed by atoms with Crippen molar-refractivity contribution in [2.45, 2.75) is 11.3 Å². The van der Waals surface area contributed by atoms with Crippen molar-refractivity contribution in [2.24, 2.45) is 0 Å². The van der Waals surface area contributed by atoms with Crippen LogP contribution in [0, 0.1) is 0 Å². The van der Waals surface area contributed by atoms with E-state index < -0.39 is 0 Å². The molecule has 0 saturated carbocycles. The summed E-state index contributed by atoms with van der Waals surface area (Å²) in [6, 6.07) is 15.4. The lowest BCUT2D eigenvalue weighted by atomic mass is 10.3. The Morgan fingerprint density at radius 1 is 1.11 bits per heavy atom. The molecule has 0 aromatic heterocycles. The van der Waals surface area contributed by atoms with Crippen molar-refractivity contribution in [1.82, 2.24) is 0 Å². The van der Waals surface area contributed by atoms with Gasteiger partial charge < -0.3 is 10.5 Å². The summed E-state index contributed by atoms with van der Waals surface area (Å²) in [5.41, 5.74) is 6.41. The lowest BCUT2D eigenvalue weighted by Crippen LogP contribution is -1.99. The van der Waals surface area contributed by atoms with Crippen LogP contribution in [-0.4, -0.2) is 12.4 Å². The van der Waals surface area contributed by atoms with Crippen molar-refractivity contribution in [3.05, 3.63) is 53.6 Å². The van der Waals surface area contributed by atoms with Crippen molar-refractivity contribution in [2.75, 3.05) is 18.1 Å². The molecule has 2 nitrogen and oxygen atoms in total. The van der Waals surface area contributed by atoms with Crippen LogP contribution in [0.1, 0.15) is 6.42 Å². The minimum atomic E-state index is 0.698. The Hall–Kier alpha value is -1.32. The molecular formula is C15H16ClNOS. The van der Waals surface area contributed by atoms with Gasteiger partial charge in [0.15, 0.2) is 0 Å². The quantitative estimate of drug-likeness (QED) is 0.484. The molecule has 0 unspecified atom stereocenters. The molecule has 4 heteroatoms. The highest BCUT2D eigenvalue weighted by Crippen LogP contribution is 2.21. The van der Waals surface area contributed by atoms with E-state index in [1.807, 2.05) is 48.5 Å². The number of anilines is 1. The second kappa shape index (κ2) is 7.31. The standard InChI is InChI=1S/C15H16ClNOS/c16-12-5-7-15(8-6-12)19-10-2-9-18-14-4-1-3-13(17)11-14/h1,3-8,11H,2,9-10,17H2. The number of hydrogen-bond acceptors (Lipinski definition) is 3. The molecule has 19 heavy (non-hydrogen) atoms. The molecule has 0 atom stereocenters. The second-order valence-electron chi connectivity index (χ2n) is 4.08. The maximum Gasteiger partial charge on any atom is 0.121 e. The van der Waals surface area contributed by atoms with E-state index in [0.29, 0.717) is 6.61 Å². The zero-order valence-corrected chi connectivity index (χ0v) is 12.1. The predicted molar refractivity (Wildman–Crippen MR) is 83.1 cm³/mol. The Morgan fingerprint density at radius 2 is 1.89 bits per heavy atom. The van der Waals surface area contributed by atoms with Gasteiger partial charge >= 0.3 is 0 Å². The van der Waals surface area contributed by atoms with Crippen LogP contribution in [0.15, 0.2) is 53.4 Å². The lowest BCUT2D eigenvalue weighted by Gasteiger charge is -2.06. The van der Waals surface area contributed by atoms with Crippen LogP contribution in [-0.2, 0) is 0 Å². The predicted octanol–water partition coefficient (Wildman–Crippen LogP) is 4.48. The number of thioether (sulfide) groups is 1. The number of rotatable bonds is 6. The highest BCUT2D eigenvalue weighted by molar-refractivity contribution is 7.99. The van der Waals surface area contributed by atoms with Gasteiger partial charge in [0, 0.05) is 27.4 Å². The highest BCUT2D eigenvalue weighted by Gasteiger charge is 1.97. The Labute approximate surface area is 122 Å². The van der Waals surface area contributed by atoms with Crippen LogP contribution in [0.4, 0.5) is 5.69 Å². The van der Waals surface area contributed by atoms with E-state index in [4.69, 9.17) is 22.1 Å². The summed E-state index contributed by atoms with van der Waals surface area (Å²) >= 11 is 7.64. The molecule has 2 N–H and O–H groups in total. The van der Waals surface area contributed by atoms with Gasteiger partial charge in [-0.3, -0.25) is 0 Å². The van der Waals surface area contributed by atoms with Crippen LogP contribution in [0.3, 0.4) is 0 Å². The van der Waals surface area contributed by atoms with Crippen molar-refractivity contribution in [3.63, 3.8) is 0 Å². The van der Waals surface area contributed by atoms with E-state index in [-0.39, 0.29) is 0 Å². The monoisotopic (exact) mass is 293 g/mol. The zero-order chi connectivity index (χ0) is 13.5. The average molecular weight is 294 g/mol. The van der Waals surface area contributed by atoms with Gasteiger partial charge in [0.05, 0.1) is 6.61 Å². The highest BCUT2D eigenvalue weighted by atomic mass is 35.5. The summed E-state index contributed by atoms with van der Waals surface area (Å²) in [5, 5.41) is 0.773. The summed E-state index contributed by atoms with van der Waals surface area (Å²) < 4.78 is 5.63. The fourth-order valence-corrected chi connectivity index (χ4v) is 2.53. The lowest BCUT2D eigenvalue weighted by molar-refractivity contribution is 0.319. The van der Waals surface area contributed by atoms with Crippen molar-refractivity contribution < 1.29 is 4.74 Å². The first-order chi connectivity index (χ1) is 9.24. The van der Waals surface area contributed by atoms with E-state index in [2.05, 4.69) is 0 Å². The van der Waals surface area contributed by atoms with E-state index in [9.17, 15) is 0 Å². The summed E-state index contributed by atoms with van der Waals surface area (Å²) in [5.74, 6) is 1.85. The maximum absolute atomic E-state index is 5.84. The average Bonchev–Trinajstić information content (AvgIpc) is 2.41. The van der Waals surface area contributed by atoms with Crippen LogP contribution in [0.25, 0.3) is 0 Å². The number of benzene rings is 2. The van der Waals surface area contributed by atoms with Crippen molar-refractivity contribution in [3.8, 4) is 5.75 Å². The van der Waals surface area contributed by atoms with Crippen LogP contribution < -0.4 is 10.5 Å². The maximum atomic E-state index is 5.84. The SMILES string of the molecule is Nc1cccc(OCCCSc2ccc(Cl)cc2)c1. The molecule has 0 amide bonds. The molecule has 0 aliphatic rings. The van der Waals surface area contributed by atoms with Gasteiger partial charge in [0.25, 0.3) is 0 Å². The number of ether oxygens (including phenoxy) is 1. The Kier molecular flexibility index (Phi) is 5.43. The van der Waals surface area contributed by atoms with Gasteiger partial charge in [-0.15, -0.1) is 11.8 Å². The Balaban J connectivity index is 1.66. The number of nitrogens with two attached hydrogens (primary N) is 1. The molecule has 100 valence electrons. The molecule has 0 radical (unpaired) electrons. The molecule has 0 fully saturated rings. The van der Waals surface area contributed by atoms with Gasteiger partial charge in [0.2, 0.25) is 0 Å². The minimum absolute atomic E-state index is 0.698. The van der Waals surface area contributed by atoms with Gasteiger partial charge in [-0.1, -0.05) is 17.7 Å². The molecule has 0 saturated heterocycles. The largest absolute Gasteiger partial charge is 0.493 e. The van der Waals surface area contributed by atoms with E-state index in [0.717, 1.165) is 28.6 Å². The zero-order valence-electron chi connectivity index (χ0n) is 10.5. The number of halogens is 1. The topological polar surface area (TPSA) is 35.2 Å². The molecule has 0 heterocycles. The summed E-state index contributed by atoms with van der Waals surface area (Å²) in [4.78, 5) is 1.23. The third kappa shape index (κ3) is 5.05. The first-order valence-corrected chi connectivity index (χ1v) is 7.47. The third-order valence-electron chi connectivity index (χ3n) is 2.50. The molecule has 0 aliphatic carbocycles. The third-order valence-corrected chi connectivity index (χ3v) is 3.85. The summed E-state index contributed by atoms with van der Waals surface area (Å²) in [6.45, 7) is 0.698. The molecule has 2 aromatic carbocycles. The molecule has 2 rings (SSSR count). The van der Waals surface area contributed by atoms with E-state index >= 15 is 0 Å². The van der Waals surface area contributed by atoms with Crippen molar-refractivity contribution in [1.29, 1.82) is 0 Å². The molecule has 2 aromatic rings. The van der Waals surface area contributed by atoms with Crippen LogP contribution >= 0.6 is 23.4 Å². The molecule has 0 aliphatic heterocycles. The smallest absolute Gasteiger partial charge is 0.121 e. The van der Waals surface area contributed by atoms with Crippen molar-refractivity contribution >= 4 is 29.1 Å². The Bertz CT molecular complexity index is 516. The number of nitrogen functional groups attached to an aromatic ring is 1. The van der Waals surface area contributed by atoms with Crippen LogP contribution in [0.5, 0.6) is 5.75 Å². The van der Waals surface area contributed by atoms with E-state index in [1.165, 1.54) is 4.90 Å². The first-order valence-electron chi connectivity index (χ1n) is 6.11. The van der Waals surface area contributed by atoms with Crippen LogP contribution in [0.2, 0.25) is 5.02 Å². The molecular weight excluding hydrogens is 278 g/mol. The molecule has 0 bridgehead atoms. The summed E-state index contributed by atoms with van der Waals surface area (Å²) in [7, 11) is 0. The van der Waals surface area contributed by atoms with Gasteiger partial charge in [-0.25, -0.2) is 0 Å². The Morgan fingerprint density at radius 3 is 2.63 bits per heavy atom. The number of hydrogen-bond donors (Lipinski definition) is 1. The van der Waals surface area contributed by atoms with E-state index in [1.54, 1.807) is 11.8 Å². The fraction of sp³-hybridized carbons (Fsp3) is 0.200. The second-order valence-corrected chi connectivity index (χ2v) is 5.68. The summed E-state index contributed by atoms with van der Waals surface area (Å²) in [6.07, 6.45) is 0.988.